The zero-order valence-electron chi connectivity index (χ0n) is 17.1. The van der Waals surface area contributed by atoms with Crippen LogP contribution in [0.1, 0.15) is 0 Å². The summed E-state index contributed by atoms with van der Waals surface area (Å²) >= 11 is 3.56. The highest BCUT2D eigenvalue weighted by Gasteiger charge is 2.15. The van der Waals surface area contributed by atoms with Crippen LogP contribution in [0.4, 0.5) is 0 Å². The van der Waals surface area contributed by atoms with Gasteiger partial charge in [-0.25, -0.2) is 9.97 Å². The predicted molar refractivity (Wildman–Crippen MR) is 135 cm³/mol. The first-order valence-electron chi connectivity index (χ1n) is 10.5. The molecule has 0 fully saturated rings. The van der Waals surface area contributed by atoms with E-state index in [1.54, 1.807) is 0 Å². The van der Waals surface area contributed by atoms with E-state index in [4.69, 9.17) is 9.97 Å². The third-order valence-electron chi connectivity index (χ3n) is 5.70. The molecule has 0 unspecified atom stereocenters. The summed E-state index contributed by atoms with van der Waals surface area (Å²) in [5.41, 5.74) is 8.28. The highest BCUT2D eigenvalue weighted by Crippen LogP contribution is 2.33. The topological polar surface area (TPSA) is 41.6 Å². The first-order valence-corrected chi connectivity index (χ1v) is 11.3. The van der Waals surface area contributed by atoms with E-state index in [2.05, 4.69) is 81.6 Å². The first kappa shape index (κ1) is 19.0. The average molecular weight is 476 g/mol. The Hall–Kier alpha value is -3.76. The number of H-pyrrole nitrogens is 1. The Bertz CT molecular complexity index is 1570. The minimum Gasteiger partial charge on any atom is -0.351 e. The van der Waals surface area contributed by atoms with Crippen molar-refractivity contribution < 1.29 is 0 Å². The highest BCUT2D eigenvalue weighted by atomic mass is 79.9. The van der Waals surface area contributed by atoms with Crippen LogP contribution in [-0.2, 0) is 0 Å². The zero-order valence-corrected chi connectivity index (χ0v) is 18.7. The van der Waals surface area contributed by atoms with Crippen LogP contribution in [0.2, 0.25) is 0 Å². The maximum absolute atomic E-state index is 5.00. The Kier molecular flexibility index (Phi) is 4.58. The molecule has 0 bridgehead atoms. The number of rotatable bonds is 3. The molecule has 0 aliphatic heterocycles. The van der Waals surface area contributed by atoms with Crippen LogP contribution < -0.4 is 0 Å². The van der Waals surface area contributed by atoms with E-state index in [1.165, 1.54) is 5.56 Å². The summed E-state index contributed by atoms with van der Waals surface area (Å²) in [5.74, 6) is 0.724. The van der Waals surface area contributed by atoms with Gasteiger partial charge in [0.15, 0.2) is 5.82 Å². The highest BCUT2D eigenvalue weighted by molar-refractivity contribution is 9.10. The van der Waals surface area contributed by atoms with E-state index >= 15 is 0 Å². The molecule has 0 atom stereocenters. The van der Waals surface area contributed by atoms with Crippen molar-refractivity contribution in [2.75, 3.05) is 0 Å². The molecule has 0 aliphatic rings. The summed E-state index contributed by atoms with van der Waals surface area (Å²) in [7, 11) is 0. The summed E-state index contributed by atoms with van der Waals surface area (Å²) in [6.45, 7) is 0. The van der Waals surface area contributed by atoms with Gasteiger partial charge in [-0.2, -0.15) is 0 Å². The largest absolute Gasteiger partial charge is 0.351 e. The molecule has 6 aromatic rings. The quantitative estimate of drug-likeness (QED) is 0.282. The van der Waals surface area contributed by atoms with Gasteiger partial charge in [-0.05, 0) is 29.3 Å². The van der Waals surface area contributed by atoms with Crippen molar-refractivity contribution in [1.82, 2.24) is 15.0 Å². The molecule has 0 radical (unpaired) electrons. The van der Waals surface area contributed by atoms with Gasteiger partial charge in [-0.1, -0.05) is 101 Å². The van der Waals surface area contributed by atoms with Gasteiger partial charge in [0.25, 0.3) is 0 Å². The Labute approximate surface area is 193 Å². The lowest BCUT2D eigenvalue weighted by atomic mass is 10.0. The van der Waals surface area contributed by atoms with Gasteiger partial charge in [0.05, 0.1) is 11.2 Å². The van der Waals surface area contributed by atoms with E-state index in [9.17, 15) is 0 Å². The summed E-state index contributed by atoms with van der Waals surface area (Å²) in [4.78, 5) is 13.5. The van der Waals surface area contributed by atoms with Crippen LogP contribution >= 0.6 is 15.9 Å². The molecule has 0 amide bonds. The molecule has 0 saturated heterocycles. The molecule has 0 saturated carbocycles. The van der Waals surface area contributed by atoms with Crippen LogP contribution in [0.3, 0.4) is 0 Å². The average Bonchev–Trinajstić information content (AvgIpc) is 3.23. The summed E-state index contributed by atoms with van der Waals surface area (Å²) < 4.78 is 1.07. The van der Waals surface area contributed by atoms with Gasteiger partial charge in [-0.3, -0.25) is 0 Å². The lowest BCUT2D eigenvalue weighted by Crippen LogP contribution is -1.94. The molecule has 152 valence electrons. The van der Waals surface area contributed by atoms with E-state index in [0.29, 0.717) is 0 Å². The fourth-order valence-electron chi connectivity index (χ4n) is 4.12. The number of aromatic nitrogens is 3. The standard InChI is InChI=1S/C28H18BrN3/c29-22-10-6-9-21(17-22)18-13-15-20(16-14-18)28-31-25(19-7-2-1-3-8-19)27-26(32-28)23-11-4-5-12-24(23)30-27/h1-17,30H. The van der Waals surface area contributed by atoms with Crippen molar-refractivity contribution in [3.05, 3.63) is 108 Å². The molecule has 0 aliphatic carbocycles. The number of hydrogen-bond donors (Lipinski definition) is 1. The van der Waals surface area contributed by atoms with Crippen molar-refractivity contribution in [3.8, 4) is 33.8 Å². The Morgan fingerprint density at radius 3 is 2.12 bits per heavy atom. The van der Waals surface area contributed by atoms with Gasteiger partial charge >= 0.3 is 0 Å². The summed E-state index contributed by atoms with van der Waals surface area (Å²) in [6.07, 6.45) is 0. The maximum Gasteiger partial charge on any atom is 0.160 e. The molecule has 4 heteroatoms. The fraction of sp³-hybridized carbons (Fsp3) is 0. The molecule has 4 aromatic carbocycles. The minimum atomic E-state index is 0.724. The normalized spacial score (nSPS) is 11.3. The van der Waals surface area contributed by atoms with Crippen LogP contribution in [0.5, 0.6) is 0 Å². The van der Waals surface area contributed by atoms with Crippen molar-refractivity contribution in [2.24, 2.45) is 0 Å². The van der Waals surface area contributed by atoms with Gasteiger partial charge in [0.2, 0.25) is 0 Å². The van der Waals surface area contributed by atoms with Gasteiger partial charge in [0.1, 0.15) is 5.52 Å². The molecule has 3 nitrogen and oxygen atoms in total. The SMILES string of the molecule is Brc1cccc(-c2ccc(-c3nc(-c4ccccc4)c4[nH]c5ccccc5c4n3)cc2)c1. The van der Waals surface area contributed by atoms with Crippen LogP contribution in [-0.4, -0.2) is 15.0 Å². The van der Waals surface area contributed by atoms with Crippen LogP contribution in [0, 0.1) is 0 Å². The molecular formula is C28H18BrN3. The monoisotopic (exact) mass is 475 g/mol. The lowest BCUT2D eigenvalue weighted by Gasteiger charge is -2.08. The number of aromatic amines is 1. The molecule has 1 N–H and O–H groups in total. The fourth-order valence-corrected chi connectivity index (χ4v) is 4.52. The van der Waals surface area contributed by atoms with Crippen LogP contribution in [0.25, 0.3) is 55.7 Å². The number of benzene rings is 4. The molecule has 2 aromatic heterocycles. The molecule has 2 heterocycles. The number of para-hydroxylation sites is 1. The smallest absolute Gasteiger partial charge is 0.160 e. The van der Waals surface area contributed by atoms with Crippen molar-refractivity contribution in [3.63, 3.8) is 0 Å². The Morgan fingerprint density at radius 2 is 1.31 bits per heavy atom. The summed E-state index contributed by atoms with van der Waals surface area (Å²) in [5, 5.41) is 1.11. The zero-order chi connectivity index (χ0) is 21.5. The maximum atomic E-state index is 5.00. The molecule has 0 spiro atoms. The van der Waals surface area contributed by atoms with Crippen molar-refractivity contribution in [1.29, 1.82) is 0 Å². The third kappa shape index (κ3) is 3.29. The lowest BCUT2D eigenvalue weighted by molar-refractivity contribution is 1.23. The van der Waals surface area contributed by atoms with Crippen LogP contribution in [0.15, 0.2) is 108 Å². The Morgan fingerprint density at radius 1 is 0.594 bits per heavy atom. The van der Waals surface area contributed by atoms with E-state index < -0.39 is 0 Å². The predicted octanol–water partition coefficient (Wildman–Crippen LogP) is 7.87. The number of nitrogens with one attached hydrogen (secondary N) is 1. The van der Waals surface area contributed by atoms with E-state index in [0.717, 1.165) is 54.6 Å². The minimum absolute atomic E-state index is 0.724. The van der Waals surface area contributed by atoms with Crippen molar-refractivity contribution in [2.45, 2.75) is 0 Å². The van der Waals surface area contributed by atoms with Gasteiger partial charge in [-0.15, -0.1) is 0 Å². The molecule has 6 rings (SSSR count). The second kappa shape index (κ2) is 7.74. The number of halogens is 1. The van der Waals surface area contributed by atoms with Crippen molar-refractivity contribution >= 4 is 37.9 Å². The third-order valence-corrected chi connectivity index (χ3v) is 6.19. The van der Waals surface area contributed by atoms with Gasteiger partial charge < -0.3 is 4.98 Å². The summed E-state index contributed by atoms with van der Waals surface area (Å²) in [6, 6.07) is 35.3. The first-order chi connectivity index (χ1) is 15.8. The number of fused-ring (bicyclic) bond motifs is 3. The number of nitrogens with zero attached hydrogens (tertiary/aromatic N) is 2. The number of hydrogen-bond acceptors (Lipinski definition) is 2. The van der Waals surface area contributed by atoms with Gasteiger partial charge in [0, 0.05) is 26.5 Å². The molecule has 32 heavy (non-hydrogen) atoms. The van der Waals surface area contributed by atoms with E-state index in [-0.39, 0.29) is 0 Å². The van der Waals surface area contributed by atoms with E-state index in [1.807, 2.05) is 42.5 Å². The second-order valence-corrected chi connectivity index (χ2v) is 8.66. The molecular weight excluding hydrogens is 458 g/mol. The second-order valence-electron chi connectivity index (χ2n) is 7.74. The Balaban J connectivity index is 1.54.